The van der Waals surface area contributed by atoms with Crippen LogP contribution in [0.3, 0.4) is 0 Å². The van der Waals surface area contributed by atoms with Gasteiger partial charge in [-0.25, -0.2) is 0 Å². The smallest absolute Gasteiger partial charge is 0.247 e. The summed E-state index contributed by atoms with van der Waals surface area (Å²) in [7, 11) is 0. The van der Waals surface area contributed by atoms with Crippen molar-refractivity contribution in [1.82, 2.24) is 10.2 Å². The summed E-state index contributed by atoms with van der Waals surface area (Å²) in [4.78, 5) is 28.2. The molecule has 194 valence electrons. The summed E-state index contributed by atoms with van der Waals surface area (Å²) in [5.74, 6) is 0.637. The van der Waals surface area contributed by atoms with Crippen molar-refractivity contribution in [1.29, 1.82) is 0 Å². The Balaban J connectivity index is 1.54. The minimum absolute atomic E-state index is 0.0857. The fraction of sp³-hybridized carbons (Fsp3) is 0.357. The first-order valence-corrected chi connectivity index (χ1v) is 12.4. The van der Waals surface area contributed by atoms with Crippen molar-refractivity contribution in [3.8, 4) is 17.2 Å². The van der Waals surface area contributed by atoms with Crippen LogP contribution in [0.2, 0.25) is 0 Å². The Bertz CT molecular complexity index is 1240. The minimum Gasteiger partial charge on any atom is -0.486 e. The van der Waals surface area contributed by atoms with Crippen LogP contribution in [0.25, 0.3) is 0 Å². The molecule has 0 bridgehead atoms. The number of para-hydroxylation sites is 1. The standard InChI is InChI=1S/C28H30N2O7/c1-2-3-8-24(32)30(15-17-9-10-22-23(13-17)36-16-35-22)20-14-19(28(34)29-11-12-31)25-18-6-4-5-7-21(18)37-27(25)26(20)33/h3-10,13-14,20,25-27,31,33H,2,11-12,15-16H2,1H3,(H,29,34). The number of hydrogen-bond acceptors (Lipinski definition) is 7. The van der Waals surface area contributed by atoms with Crippen molar-refractivity contribution < 1.29 is 34.0 Å². The molecule has 0 aromatic heterocycles. The summed E-state index contributed by atoms with van der Waals surface area (Å²) in [5.41, 5.74) is 1.98. The van der Waals surface area contributed by atoms with Crippen LogP contribution in [0.4, 0.5) is 0 Å². The normalized spacial score (nSPS) is 23.2. The lowest BCUT2D eigenvalue weighted by atomic mass is 9.77. The van der Waals surface area contributed by atoms with Crippen LogP contribution in [0.1, 0.15) is 30.4 Å². The third-order valence-electron chi connectivity index (χ3n) is 6.81. The number of ether oxygens (including phenoxy) is 3. The topological polar surface area (TPSA) is 118 Å². The van der Waals surface area contributed by atoms with E-state index in [2.05, 4.69) is 5.32 Å². The molecule has 4 atom stereocenters. The summed E-state index contributed by atoms with van der Waals surface area (Å²) >= 11 is 0. The molecule has 2 aromatic rings. The monoisotopic (exact) mass is 506 g/mol. The average Bonchev–Trinajstić information content (AvgIpc) is 3.54. The van der Waals surface area contributed by atoms with Gasteiger partial charge in [0.1, 0.15) is 18.0 Å². The molecule has 37 heavy (non-hydrogen) atoms. The zero-order valence-corrected chi connectivity index (χ0v) is 20.5. The highest BCUT2D eigenvalue weighted by Crippen LogP contribution is 2.47. The van der Waals surface area contributed by atoms with Gasteiger partial charge in [0.2, 0.25) is 18.6 Å². The number of fused-ring (bicyclic) bond motifs is 4. The van der Waals surface area contributed by atoms with Crippen LogP contribution in [0.5, 0.6) is 17.2 Å². The highest BCUT2D eigenvalue weighted by atomic mass is 16.7. The first kappa shape index (κ1) is 24.9. The molecule has 2 amide bonds. The summed E-state index contributed by atoms with van der Waals surface area (Å²) < 4.78 is 17.0. The number of aliphatic hydroxyl groups excluding tert-OH is 2. The molecule has 2 aromatic carbocycles. The van der Waals surface area contributed by atoms with Crippen LogP contribution >= 0.6 is 0 Å². The van der Waals surface area contributed by atoms with Crippen molar-refractivity contribution in [2.24, 2.45) is 0 Å². The van der Waals surface area contributed by atoms with Crippen LogP contribution in [-0.2, 0) is 16.1 Å². The van der Waals surface area contributed by atoms with E-state index in [1.54, 1.807) is 24.3 Å². The number of nitrogens with one attached hydrogen (secondary N) is 1. The molecule has 0 spiro atoms. The van der Waals surface area contributed by atoms with E-state index in [1.807, 2.05) is 37.3 Å². The largest absolute Gasteiger partial charge is 0.486 e. The number of carbonyl (C=O) groups excluding carboxylic acids is 2. The molecule has 0 saturated heterocycles. The number of nitrogens with zero attached hydrogens (tertiary/aromatic N) is 1. The van der Waals surface area contributed by atoms with Gasteiger partial charge in [-0.1, -0.05) is 37.3 Å². The van der Waals surface area contributed by atoms with E-state index in [0.717, 1.165) is 11.1 Å². The second-order valence-electron chi connectivity index (χ2n) is 9.15. The van der Waals surface area contributed by atoms with Crippen molar-refractivity contribution in [3.05, 3.63) is 77.4 Å². The van der Waals surface area contributed by atoms with Gasteiger partial charge in [0, 0.05) is 24.2 Å². The third-order valence-corrected chi connectivity index (χ3v) is 6.81. The SMILES string of the molecule is CCC=CC(=O)N(Cc1ccc2c(c1)OCO2)C1C=C(C(=O)NCCO)C2c3ccccc3OC2C1O. The molecule has 3 aliphatic rings. The molecule has 1 aliphatic carbocycles. The molecule has 4 unspecified atom stereocenters. The lowest BCUT2D eigenvalue weighted by molar-refractivity contribution is -0.133. The first-order chi connectivity index (χ1) is 18.0. The summed E-state index contributed by atoms with van der Waals surface area (Å²) in [5, 5.41) is 23.5. The quantitative estimate of drug-likeness (QED) is 0.469. The van der Waals surface area contributed by atoms with E-state index in [0.29, 0.717) is 29.2 Å². The van der Waals surface area contributed by atoms with E-state index in [-0.39, 0.29) is 38.3 Å². The number of hydrogen-bond donors (Lipinski definition) is 3. The van der Waals surface area contributed by atoms with E-state index in [1.165, 1.54) is 11.0 Å². The number of aliphatic hydroxyl groups is 2. The maximum absolute atomic E-state index is 13.4. The number of benzene rings is 2. The maximum Gasteiger partial charge on any atom is 0.247 e. The van der Waals surface area contributed by atoms with Gasteiger partial charge in [-0.3, -0.25) is 9.59 Å². The van der Waals surface area contributed by atoms with Crippen molar-refractivity contribution in [2.45, 2.75) is 44.1 Å². The molecule has 0 radical (unpaired) electrons. The Morgan fingerprint density at radius 1 is 1.14 bits per heavy atom. The van der Waals surface area contributed by atoms with Crippen molar-refractivity contribution in [3.63, 3.8) is 0 Å². The molecular formula is C28H30N2O7. The predicted molar refractivity (Wildman–Crippen MR) is 134 cm³/mol. The highest BCUT2D eigenvalue weighted by Gasteiger charge is 2.50. The number of rotatable bonds is 8. The van der Waals surface area contributed by atoms with Gasteiger partial charge in [0.15, 0.2) is 11.5 Å². The highest BCUT2D eigenvalue weighted by molar-refractivity contribution is 5.96. The molecule has 5 rings (SSSR count). The van der Waals surface area contributed by atoms with E-state index >= 15 is 0 Å². The van der Waals surface area contributed by atoms with E-state index < -0.39 is 24.2 Å². The van der Waals surface area contributed by atoms with Crippen LogP contribution in [0, 0.1) is 0 Å². The molecule has 3 N–H and O–H groups in total. The fourth-order valence-corrected chi connectivity index (χ4v) is 5.07. The summed E-state index contributed by atoms with van der Waals surface area (Å²) in [6, 6.07) is 12.0. The van der Waals surface area contributed by atoms with Gasteiger partial charge in [0.25, 0.3) is 0 Å². The van der Waals surface area contributed by atoms with Crippen LogP contribution in [-0.4, -0.2) is 65.1 Å². The molecule has 0 saturated carbocycles. The van der Waals surface area contributed by atoms with Gasteiger partial charge in [0.05, 0.1) is 18.6 Å². The van der Waals surface area contributed by atoms with Crippen LogP contribution in [0.15, 0.2) is 66.3 Å². The number of carbonyl (C=O) groups is 2. The second-order valence-corrected chi connectivity index (χ2v) is 9.15. The van der Waals surface area contributed by atoms with Gasteiger partial charge in [-0.05, 0) is 42.3 Å². The lowest BCUT2D eigenvalue weighted by Gasteiger charge is -2.40. The van der Waals surface area contributed by atoms with Crippen molar-refractivity contribution in [2.75, 3.05) is 19.9 Å². The Morgan fingerprint density at radius 3 is 2.76 bits per heavy atom. The van der Waals surface area contributed by atoms with Crippen molar-refractivity contribution >= 4 is 11.8 Å². The van der Waals surface area contributed by atoms with E-state index in [9.17, 15) is 19.8 Å². The van der Waals surface area contributed by atoms with Gasteiger partial charge < -0.3 is 34.6 Å². The summed E-state index contributed by atoms with van der Waals surface area (Å²) in [6.45, 7) is 2.11. The Hall–Kier alpha value is -3.82. The predicted octanol–water partition coefficient (Wildman–Crippen LogP) is 2.03. The Labute approximate surface area is 214 Å². The summed E-state index contributed by atoms with van der Waals surface area (Å²) in [6.07, 6.45) is 3.71. The molecule has 9 nitrogen and oxygen atoms in total. The Morgan fingerprint density at radius 2 is 1.95 bits per heavy atom. The first-order valence-electron chi connectivity index (χ1n) is 12.4. The minimum atomic E-state index is -1.10. The molecule has 2 heterocycles. The van der Waals surface area contributed by atoms with Gasteiger partial charge in [-0.15, -0.1) is 0 Å². The molecule has 2 aliphatic heterocycles. The fourth-order valence-electron chi connectivity index (χ4n) is 5.07. The van der Waals surface area contributed by atoms with Crippen LogP contribution < -0.4 is 19.5 Å². The average molecular weight is 507 g/mol. The van der Waals surface area contributed by atoms with Gasteiger partial charge >= 0.3 is 0 Å². The second kappa shape index (κ2) is 10.7. The molecular weight excluding hydrogens is 476 g/mol. The Kier molecular flexibility index (Phi) is 7.16. The zero-order valence-electron chi connectivity index (χ0n) is 20.5. The molecule has 9 heteroatoms. The third kappa shape index (κ3) is 4.80. The number of amides is 2. The molecule has 0 fully saturated rings. The van der Waals surface area contributed by atoms with Gasteiger partial charge in [-0.2, -0.15) is 0 Å². The van der Waals surface area contributed by atoms with E-state index in [4.69, 9.17) is 14.2 Å². The zero-order chi connectivity index (χ0) is 25.9. The lowest BCUT2D eigenvalue weighted by Crippen LogP contribution is -2.55. The number of allylic oxidation sites excluding steroid dienone is 1. The maximum atomic E-state index is 13.4.